The Morgan fingerprint density at radius 2 is 2.16 bits per heavy atom. The third-order valence-corrected chi connectivity index (χ3v) is 2.32. The van der Waals surface area contributed by atoms with Gasteiger partial charge in [-0.25, -0.2) is 9.48 Å². The van der Waals surface area contributed by atoms with E-state index in [1.54, 1.807) is 0 Å². The molecule has 1 aromatic heterocycles. The molecule has 0 bridgehead atoms. The first kappa shape index (κ1) is 15.2. The van der Waals surface area contributed by atoms with E-state index in [9.17, 15) is 23.1 Å². The van der Waals surface area contributed by atoms with Crippen molar-refractivity contribution < 1.29 is 23.1 Å². The van der Waals surface area contributed by atoms with Crippen LogP contribution in [0.1, 0.15) is 12.6 Å². The van der Waals surface area contributed by atoms with E-state index in [4.69, 9.17) is 0 Å². The molecule has 0 saturated heterocycles. The highest BCUT2D eigenvalue weighted by molar-refractivity contribution is 5.73. The summed E-state index contributed by atoms with van der Waals surface area (Å²) in [6.07, 6.45) is -3.55. The van der Waals surface area contributed by atoms with E-state index in [0.717, 1.165) is 4.68 Å². The molecule has 7 nitrogen and oxygen atoms in total. The molecule has 1 unspecified atom stereocenters. The second-order valence-electron chi connectivity index (χ2n) is 4.11. The van der Waals surface area contributed by atoms with Crippen molar-refractivity contribution in [2.24, 2.45) is 0 Å². The molecule has 1 heterocycles. The van der Waals surface area contributed by atoms with Crippen molar-refractivity contribution in [3.63, 3.8) is 0 Å². The van der Waals surface area contributed by atoms with E-state index in [1.807, 2.05) is 0 Å². The van der Waals surface area contributed by atoms with Gasteiger partial charge in [0, 0.05) is 7.05 Å². The smallest absolute Gasteiger partial charge is 0.379 e. The minimum absolute atomic E-state index is 0.0217. The van der Waals surface area contributed by atoms with Crippen molar-refractivity contribution in [1.29, 1.82) is 0 Å². The molecule has 1 atom stereocenters. The normalized spacial score (nSPS) is 14.8. The van der Waals surface area contributed by atoms with Crippen LogP contribution in [0.15, 0.2) is 6.20 Å². The number of carbonyl (C=O) groups is 1. The summed E-state index contributed by atoms with van der Waals surface area (Å²) in [6.45, 7) is -0.103. The van der Waals surface area contributed by atoms with Crippen molar-refractivity contribution in [3.8, 4) is 0 Å². The molecule has 10 heteroatoms. The van der Waals surface area contributed by atoms with E-state index in [0.29, 0.717) is 6.92 Å². The zero-order valence-corrected chi connectivity index (χ0v) is 10.3. The van der Waals surface area contributed by atoms with Gasteiger partial charge in [0.05, 0.1) is 19.3 Å². The Kier molecular flexibility index (Phi) is 4.35. The molecule has 0 saturated carbocycles. The van der Waals surface area contributed by atoms with E-state index < -0.39 is 24.4 Å². The molecule has 0 aromatic carbocycles. The first-order valence-electron chi connectivity index (χ1n) is 5.29. The summed E-state index contributed by atoms with van der Waals surface area (Å²) >= 11 is 0. The van der Waals surface area contributed by atoms with Crippen molar-refractivity contribution in [3.05, 3.63) is 11.9 Å². The first-order valence-corrected chi connectivity index (χ1v) is 5.29. The van der Waals surface area contributed by atoms with Crippen LogP contribution >= 0.6 is 0 Å². The highest BCUT2D eigenvalue weighted by Gasteiger charge is 2.50. The first-order chi connectivity index (χ1) is 8.65. The van der Waals surface area contributed by atoms with Crippen molar-refractivity contribution in [1.82, 2.24) is 25.6 Å². The fraction of sp³-hybridized carbons (Fsp3) is 0.667. The summed E-state index contributed by atoms with van der Waals surface area (Å²) in [5.74, 6) is 0. The van der Waals surface area contributed by atoms with Gasteiger partial charge >= 0.3 is 12.2 Å². The molecule has 0 spiro atoms. The van der Waals surface area contributed by atoms with Crippen LogP contribution < -0.4 is 10.6 Å². The van der Waals surface area contributed by atoms with Gasteiger partial charge in [-0.3, -0.25) is 0 Å². The summed E-state index contributed by atoms with van der Waals surface area (Å²) in [5, 5.41) is 21.0. The van der Waals surface area contributed by atoms with Gasteiger partial charge in [0.2, 0.25) is 0 Å². The summed E-state index contributed by atoms with van der Waals surface area (Å²) in [6, 6.07) is -0.447. The van der Waals surface area contributed by atoms with Crippen LogP contribution in [0.25, 0.3) is 0 Å². The van der Waals surface area contributed by atoms with E-state index in [2.05, 4.69) is 20.9 Å². The number of carbonyl (C=O) groups excluding carboxylic acids is 1. The van der Waals surface area contributed by atoms with Gasteiger partial charge < -0.3 is 15.7 Å². The third-order valence-electron chi connectivity index (χ3n) is 2.32. The van der Waals surface area contributed by atoms with Crippen molar-refractivity contribution in [2.75, 3.05) is 7.05 Å². The topological polar surface area (TPSA) is 92.1 Å². The lowest BCUT2D eigenvalue weighted by Crippen LogP contribution is -2.45. The molecular weight excluding hydrogens is 267 g/mol. The lowest BCUT2D eigenvalue weighted by molar-refractivity contribution is -0.258. The van der Waals surface area contributed by atoms with E-state index in [-0.39, 0.29) is 12.2 Å². The quantitative estimate of drug-likeness (QED) is 0.725. The highest BCUT2D eigenvalue weighted by atomic mass is 19.4. The maximum absolute atomic E-state index is 12.4. The summed E-state index contributed by atoms with van der Waals surface area (Å²) in [5.41, 5.74) is -2.62. The minimum Gasteiger partial charge on any atom is -0.379 e. The SMILES string of the molecule is CNC(=O)NCc1cn(CC(C)(O)C(F)(F)F)nn1. The van der Waals surface area contributed by atoms with Gasteiger partial charge in [0.1, 0.15) is 5.69 Å². The maximum Gasteiger partial charge on any atom is 0.418 e. The second kappa shape index (κ2) is 5.43. The Bertz CT molecular complexity index is 443. The largest absolute Gasteiger partial charge is 0.418 e. The average molecular weight is 281 g/mol. The number of urea groups is 1. The summed E-state index contributed by atoms with van der Waals surface area (Å²) in [7, 11) is 1.42. The zero-order chi connectivity index (χ0) is 14.7. The number of aliphatic hydroxyl groups is 1. The monoisotopic (exact) mass is 281 g/mol. The Morgan fingerprint density at radius 1 is 1.53 bits per heavy atom. The number of hydrogen-bond donors (Lipinski definition) is 3. The second-order valence-corrected chi connectivity index (χ2v) is 4.11. The summed E-state index contributed by atoms with van der Waals surface area (Å²) in [4.78, 5) is 10.9. The van der Waals surface area contributed by atoms with Crippen molar-refractivity contribution >= 4 is 6.03 Å². The van der Waals surface area contributed by atoms with Gasteiger partial charge in [0.25, 0.3) is 0 Å². The Hall–Kier alpha value is -1.84. The number of halogens is 3. The van der Waals surface area contributed by atoms with Crippen molar-refractivity contribution in [2.45, 2.75) is 31.8 Å². The molecule has 0 aliphatic rings. The van der Waals surface area contributed by atoms with Crippen LogP contribution in [-0.4, -0.2) is 45.0 Å². The zero-order valence-electron chi connectivity index (χ0n) is 10.3. The van der Waals surface area contributed by atoms with Gasteiger partial charge in [-0.1, -0.05) is 5.21 Å². The molecule has 3 N–H and O–H groups in total. The lowest BCUT2D eigenvalue weighted by Gasteiger charge is -2.25. The fourth-order valence-corrected chi connectivity index (χ4v) is 1.16. The summed E-state index contributed by atoms with van der Waals surface area (Å²) < 4.78 is 38.2. The van der Waals surface area contributed by atoms with Crippen LogP contribution in [-0.2, 0) is 13.1 Å². The number of nitrogens with zero attached hydrogens (tertiary/aromatic N) is 3. The molecule has 0 fully saturated rings. The van der Waals surface area contributed by atoms with Gasteiger partial charge in [0.15, 0.2) is 5.60 Å². The Balaban J connectivity index is 2.63. The van der Waals surface area contributed by atoms with Gasteiger partial charge in [-0.2, -0.15) is 13.2 Å². The molecule has 19 heavy (non-hydrogen) atoms. The van der Waals surface area contributed by atoms with E-state index >= 15 is 0 Å². The molecule has 0 aliphatic carbocycles. The standard InChI is InChI=1S/C9H14F3N5O2/c1-8(19,9(10,11)12)5-17-4-6(15-16-17)3-14-7(18)13-2/h4,19H,3,5H2,1-2H3,(H2,13,14,18). The number of aromatic nitrogens is 3. The van der Waals surface area contributed by atoms with Gasteiger partial charge in [-0.15, -0.1) is 5.10 Å². The highest BCUT2D eigenvalue weighted by Crippen LogP contribution is 2.30. The molecule has 1 aromatic rings. The molecule has 0 aliphatic heterocycles. The molecule has 2 amide bonds. The lowest BCUT2D eigenvalue weighted by atomic mass is 10.1. The molecule has 1 rings (SSSR count). The number of amides is 2. The Labute approximate surface area is 106 Å². The van der Waals surface area contributed by atoms with Crippen LogP contribution in [0.4, 0.5) is 18.0 Å². The fourth-order valence-electron chi connectivity index (χ4n) is 1.16. The number of nitrogens with one attached hydrogen (secondary N) is 2. The predicted octanol–water partition coefficient (Wildman–Crippen LogP) is 0.0204. The minimum atomic E-state index is -4.76. The van der Waals surface area contributed by atoms with Crippen LogP contribution in [0.2, 0.25) is 0 Å². The number of alkyl halides is 3. The molecule has 108 valence electrons. The molecular formula is C9H14F3N5O2. The van der Waals surface area contributed by atoms with Crippen LogP contribution in [0.3, 0.4) is 0 Å². The van der Waals surface area contributed by atoms with Gasteiger partial charge in [-0.05, 0) is 6.92 Å². The van der Waals surface area contributed by atoms with E-state index in [1.165, 1.54) is 13.2 Å². The Morgan fingerprint density at radius 3 is 2.68 bits per heavy atom. The van der Waals surface area contributed by atoms with Crippen LogP contribution in [0.5, 0.6) is 0 Å². The predicted molar refractivity (Wildman–Crippen MR) is 58.0 cm³/mol. The number of rotatable bonds is 4. The average Bonchev–Trinajstić information content (AvgIpc) is 2.71. The third kappa shape index (κ3) is 4.09. The number of hydrogen-bond acceptors (Lipinski definition) is 4. The van der Waals surface area contributed by atoms with Crippen LogP contribution in [0, 0.1) is 0 Å². The maximum atomic E-state index is 12.4. The molecule has 0 radical (unpaired) electrons.